The lowest BCUT2D eigenvalue weighted by Gasteiger charge is -2.16. The average molecular weight is 540 g/mol. The molecule has 0 bridgehead atoms. The maximum absolute atomic E-state index is 12.2. The van der Waals surface area contributed by atoms with Gasteiger partial charge in [-0.15, -0.1) is 0 Å². The number of hydrogen-bond donors (Lipinski definition) is 2. The third kappa shape index (κ3) is 19.7. The summed E-state index contributed by atoms with van der Waals surface area (Å²) in [6.45, 7) is 6.75. The van der Waals surface area contributed by atoms with Gasteiger partial charge in [0.25, 0.3) is 0 Å². The number of hydrogen-bond acceptors (Lipinski definition) is 4. The molecule has 1 aromatic rings. The second kappa shape index (κ2) is 21.9. The molecule has 2 atom stereocenters. The monoisotopic (exact) mass is 539 g/mol. The zero-order valence-electron chi connectivity index (χ0n) is 24.4. The number of rotatable bonds is 25. The van der Waals surface area contributed by atoms with E-state index in [2.05, 4.69) is 6.92 Å². The maximum atomic E-state index is 12.2. The Morgan fingerprint density at radius 3 is 1.81 bits per heavy atom. The highest BCUT2D eigenvalue weighted by Gasteiger charge is 2.21. The van der Waals surface area contributed by atoms with Crippen LogP contribution in [0, 0.1) is 0 Å². The topological polar surface area (TPSA) is 81.8 Å². The highest BCUT2D eigenvalue weighted by atomic mass is 31.2. The van der Waals surface area contributed by atoms with E-state index in [1.54, 1.807) is 0 Å². The molecule has 6 heteroatoms. The molecule has 5 nitrogen and oxygen atoms in total. The van der Waals surface area contributed by atoms with Gasteiger partial charge in [0.1, 0.15) is 5.75 Å². The standard InChI is InChI=1S/C31H58NO4P/c1-4-6-7-8-9-10-11-12-13-14-15-16-17-18-19-20-23-35-31-26-29(25-30(32)27-31)22-21-24-37(33,34)36-28(3)5-2/h25-28H,4-24,32H2,1-3H3,(H,33,34). The molecule has 1 rings (SSSR count). The van der Waals surface area contributed by atoms with Crippen LogP contribution >= 0.6 is 7.60 Å². The summed E-state index contributed by atoms with van der Waals surface area (Å²) in [5, 5.41) is 0. The molecule has 0 amide bonds. The molecule has 0 spiro atoms. The van der Waals surface area contributed by atoms with Gasteiger partial charge in [-0.1, -0.05) is 110 Å². The first-order valence-corrected chi connectivity index (χ1v) is 17.1. The molecular formula is C31H58NO4P. The molecule has 0 aliphatic rings. The predicted octanol–water partition coefficient (Wildman–Crippen LogP) is 9.84. The molecule has 0 aliphatic carbocycles. The summed E-state index contributed by atoms with van der Waals surface area (Å²) in [5.41, 5.74) is 7.76. The van der Waals surface area contributed by atoms with Gasteiger partial charge in [0.05, 0.1) is 18.9 Å². The van der Waals surface area contributed by atoms with Crippen molar-refractivity contribution in [2.24, 2.45) is 0 Å². The van der Waals surface area contributed by atoms with E-state index >= 15 is 0 Å². The number of benzene rings is 1. The first-order chi connectivity index (χ1) is 17.9. The van der Waals surface area contributed by atoms with Crippen LogP contribution in [0.2, 0.25) is 0 Å². The Hall–Kier alpha value is -1.03. The minimum absolute atomic E-state index is 0.154. The second-order valence-electron chi connectivity index (χ2n) is 10.9. The van der Waals surface area contributed by atoms with E-state index in [-0.39, 0.29) is 12.3 Å². The van der Waals surface area contributed by atoms with E-state index < -0.39 is 7.60 Å². The van der Waals surface area contributed by atoms with Crippen molar-refractivity contribution in [1.29, 1.82) is 0 Å². The van der Waals surface area contributed by atoms with E-state index in [1.165, 1.54) is 96.3 Å². The number of anilines is 1. The van der Waals surface area contributed by atoms with Crippen LogP contribution in [0.4, 0.5) is 5.69 Å². The van der Waals surface area contributed by atoms with Crippen LogP contribution in [0.1, 0.15) is 142 Å². The van der Waals surface area contributed by atoms with Crippen molar-refractivity contribution >= 4 is 13.3 Å². The molecule has 2 unspecified atom stereocenters. The zero-order chi connectivity index (χ0) is 27.2. The van der Waals surface area contributed by atoms with Gasteiger partial charge in [0.15, 0.2) is 0 Å². The Kier molecular flexibility index (Phi) is 20.1. The Morgan fingerprint density at radius 1 is 0.784 bits per heavy atom. The molecule has 1 aromatic carbocycles. The third-order valence-corrected chi connectivity index (χ3v) is 8.65. The van der Waals surface area contributed by atoms with Crippen molar-refractivity contribution in [3.05, 3.63) is 23.8 Å². The molecule has 0 aliphatic heterocycles. The fourth-order valence-electron chi connectivity index (χ4n) is 4.65. The summed E-state index contributed by atoms with van der Waals surface area (Å²) in [4.78, 5) is 10.0. The molecule has 0 fully saturated rings. The van der Waals surface area contributed by atoms with Gasteiger partial charge in [-0.2, -0.15) is 0 Å². The normalized spacial score (nSPS) is 13.9. The summed E-state index contributed by atoms with van der Waals surface area (Å²) in [7, 11) is -3.54. The van der Waals surface area contributed by atoms with Crippen molar-refractivity contribution < 1.29 is 18.7 Å². The Morgan fingerprint density at radius 2 is 1.30 bits per heavy atom. The van der Waals surface area contributed by atoms with Crippen molar-refractivity contribution in [1.82, 2.24) is 0 Å². The summed E-state index contributed by atoms with van der Waals surface area (Å²) in [5.74, 6) is 0.791. The van der Waals surface area contributed by atoms with Crippen molar-refractivity contribution in [3.63, 3.8) is 0 Å². The van der Waals surface area contributed by atoms with Gasteiger partial charge in [-0.3, -0.25) is 4.57 Å². The minimum Gasteiger partial charge on any atom is -0.494 e. The predicted molar refractivity (Wildman–Crippen MR) is 160 cm³/mol. The van der Waals surface area contributed by atoms with Crippen LogP contribution in [0.5, 0.6) is 5.75 Å². The molecule has 0 saturated heterocycles. The largest absolute Gasteiger partial charge is 0.494 e. The summed E-state index contributed by atoms with van der Waals surface area (Å²) < 4.78 is 23.4. The van der Waals surface area contributed by atoms with Crippen LogP contribution in [0.15, 0.2) is 18.2 Å². The first kappa shape index (κ1) is 34.0. The van der Waals surface area contributed by atoms with Crippen molar-refractivity contribution in [3.8, 4) is 5.75 Å². The lowest BCUT2D eigenvalue weighted by molar-refractivity contribution is 0.185. The quantitative estimate of drug-likeness (QED) is 0.0734. The molecule has 0 saturated carbocycles. The van der Waals surface area contributed by atoms with E-state index in [4.69, 9.17) is 15.0 Å². The van der Waals surface area contributed by atoms with Crippen LogP contribution in [0.3, 0.4) is 0 Å². The van der Waals surface area contributed by atoms with E-state index in [9.17, 15) is 9.46 Å². The van der Waals surface area contributed by atoms with Gasteiger partial charge in [-0.05, 0) is 50.3 Å². The summed E-state index contributed by atoms with van der Waals surface area (Å²) >= 11 is 0. The molecule has 216 valence electrons. The van der Waals surface area contributed by atoms with Crippen LogP contribution in [0.25, 0.3) is 0 Å². The van der Waals surface area contributed by atoms with E-state index in [0.29, 0.717) is 25.1 Å². The lowest BCUT2D eigenvalue weighted by Crippen LogP contribution is -2.06. The number of ether oxygens (including phenoxy) is 1. The highest BCUT2D eigenvalue weighted by Crippen LogP contribution is 2.44. The smallest absolute Gasteiger partial charge is 0.328 e. The summed E-state index contributed by atoms with van der Waals surface area (Å²) in [6.07, 6.45) is 23.7. The maximum Gasteiger partial charge on any atom is 0.328 e. The molecule has 0 heterocycles. The fraction of sp³-hybridized carbons (Fsp3) is 0.806. The molecular weight excluding hydrogens is 481 g/mol. The molecule has 3 N–H and O–H groups in total. The van der Waals surface area contributed by atoms with E-state index in [0.717, 1.165) is 24.2 Å². The van der Waals surface area contributed by atoms with Gasteiger partial charge in [0, 0.05) is 11.8 Å². The SMILES string of the molecule is CCCCCCCCCCCCCCCCCCOc1cc(N)cc(CCCP(=O)(O)OC(C)CC)c1. The lowest BCUT2D eigenvalue weighted by atomic mass is 10.0. The van der Waals surface area contributed by atoms with Gasteiger partial charge < -0.3 is 19.9 Å². The number of nitrogen functional groups attached to an aromatic ring is 1. The van der Waals surface area contributed by atoms with Crippen LogP contribution < -0.4 is 10.5 Å². The van der Waals surface area contributed by atoms with Gasteiger partial charge >= 0.3 is 7.60 Å². The average Bonchev–Trinajstić information content (AvgIpc) is 2.85. The molecule has 0 radical (unpaired) electrons. The van der Waals surface area contributed by atoms with Crippen LogP contribution in [-0.4, -0.2) is 23.8 Å². The van der Waals surface area contributed by atoms with Gasteiger partial charge in [-0.25, -0.2) is 0 Å². The summed E-state index contributed by atoms with van der Waals surface area (Å²) in [6, 6.07) is 5.78. The Balaban J connectivity index is 2.05. The number of unbranched alkanes of at least 4 members (excludes halogenated alkanes) is 15. The number of nitrogens with two attached hydrogens (primary N) is 1. The van der Waals surface area contributed by atoms with Crippen molar-refractivity contribution in [2.45, 2.75) is 149 Å². The number of aryl methyl sites for hydroxylation is 1. The van der Waals surface area contributed by atoms with Crippen molar-refractivity contribution in [2.75, 3.05) is 18.5 Å². The van der Waals surface area contributed by atoms with Crippen LogP contribution in [-0.2, 0) is 15.5 Å². The molecule has 37 heavy (non-hydrogen) atoms. The van der Waals surface area contributed by atoms with E-state index in [1.807, 2.05) is 32.0 Å². The second-order valence-corrected chi connectivity index (χ2v) is 12.8. The Labute approximate surface area is 228 Å². The Bertz CT molecular complexity index is 727. The molecule has 0 aromatic heterocycles. The van der Waals surface area contributed by atoms with Gasteiger partial charge in [0.2, 0.25) is 0 Å². The third-order valence-electron chi connectivity index (χ3n) is 7.08. The highest BCUT2D eigenvalue weighted by molar-refractivity contribution is 7.52. The first-order valence-electron chi connectivity index (χ1n) is 15.4. The fourth-order valence-corrected chi connectivity index (χ4v) is 6.02. The minimum atomic E-state index is -3.54. The zero-order valence-corrected chi connectivity index (χ0v) is 25.2.